The first-order valence-corrected chi connectivity index (χ1v) is 5.37. The van der Waals surface area contributed by atoms with Crippen molar-refractivity contribution in [1.82, 2.24) is 4.98 Å². The van der Waals surface area contributed by atoms with Crippen LogP contribution in [0.25, 0.3) is 17.3 Å². The summed E-state index contributed by atoms with van der Waals surface area (Å²) in [5.74, 6) is 0. The lowest BCUT2D eigenvalue weighted by molar-refractivity contribution is 1.27. The number of nitrogens with zero attached hydrogens (tertiary/aromatic N) is 1. The maximum absolute atomic E-state index is 4.43. The van der Waals surface area contributed by atoms with E-state index in [-0.39, 0.29) is 0 Å². The molecule has 0 radical (unpaired) electrons. The van der Waals surface area contributed by atoms with Gasteiger partial charge in [-0.2, -0.15) is 0 Å². The normalized spacial score (nSPS) is 10.1. The molecule has 1 heteroatoms. The molecule has 2 rings (SSSR count). The van der Waals surface area contributed by atoms with E-state index in [1.807, 2.05) is 24.4 Å². The maximum Gasteiger partial charge on any atom is 0.0713 e. The average molecular weight is 209 g/mol. The highest BCUT2D eigenvalue weighted by Crippen LogP contribution is 2.26. The van der Waals surface area contributed by atoms with Crippen LogP contribution in [0.4, 0.5) is 0 Å². The van der Waals surface area contributed by atoms with Crippen LogP contribution in [0, 0.1) is 13.8 Å². The first-order valence-electron chi connectivity index (χ1n) is 5.37. The van der Waals surface area contributed by atoms with Crippen molar-refractivity contribution in [2.24, 2.45) is 0 Å². The van der Waals surface area contributed by atoms with E-state index >= 15 is 0 Å². The predicted molar refractivity (Wildman–Crippen MR) is 69.2 cm³/mol. The molecule has 0 bridgehead atoms. The van der Waals surface area contributed by atoms with Crippen LogP contribution >= 0.6 is 0 Å². The SMILES string of the molecule is C=Cc1cccc(C)c1-c1cc(C)ccn1. The molecule has 2 aromatic rings. The summed E-state index contributed by atoms with van der Waals surface area (Å²) in [5.41, 5.74) is 5.80. The van der Waals surface area contributed by atoms with E-state index in [1.165, 1.54) is 16.7 Å². The molecule has 1 aromatic heterocycles. The highest BCUT2D eigenvalue weighted by atomic mass is 14.7. The molecular formula is C15H15N. The van der Waals surface area contributed by atoms with Gasteiger partial charge in [0.1, 0.15) is 0 Å². The minimum absolute atomic E-state index is 1.02. The molecule has 0 fully saturated rings. The molecule has 0 atom stereocenters. The summed E-state index contributed by atoms with van der Waals surface area (Å²) in [4.78, 5) is 4.43. The van der Waals surface area contributed by atoms with Crippen molar-refractivity contribution in [3.05, 3.63) is 59.8 Å². The molecule has 0 unspecified atom stereocenters. The highest BCUT2D eigenvalue weighted by molar-refractivity contribution is 5.75. The third kappa shape index (κ3) is 1.89. The van der Waals surface area contributed by atoms with Crippen molar-refractivity contribution in [3.63, 3.8) is 0 Å². The van der Waals surface area contributed by atoms with Crippen LogP contribution in [0.1, 0.15) is 16.7 Å². The smallest absolute Gasteiger partial charge is 0.0713 e. The van der Waals surface area contributed by atoms with Crippen LogP contribution in [0.2, 0.25) is 0 Å². The van der Waals surface area contributed by atoms with Crippen LogP contribution in [-0.2, 0) is 0 Å². The fourth-order valence-electron chi connectivity index (χ4n) is 1.88. The van der Waals surface area contributed by atoms with Gasteiger partial charge in [-0.25, -0.2) is 0 Å². The Labute approximate surface area is 96.5 Å². The van der Waals surface area contributed by atoms with Crippen LogP contribution in [0.5, 0.6) is 0 Å². The Morgan fingerprint density at radius 2 is 2.00 bits per heavy atom. The zero-order valence-electron chi connectivity index (χ0n) is 9.70. The third-order valence-electron chi connectivity index (χ3n) is 2.70. The molecule has 16 heavy (non-hydrogen) atoms. The Balaban J connectivity index is 2.67. The van der Waals surface area contributed by atoms with Gasteiger partial charge in [0, 0.05) is 11.8 Å². The fraction of sp³-hybridized carbons (Fsp3) is 0.133. The Morgan fingerprint density at radius 1 is 1.19 bits per heavy atom. The van der Waals surface area contributed by atoms with Crippen molar-refractivity contribution in [2.45, 2.75) is 13.8 Å². The van der Waals surface area contributed by atoms with Crippen LogP contribution < -0.4 is 0 Å². The summed E-state index contributed by atoms with van der Waals surface area (Å²) >= 11 is 0. The molecule has 1 aromatic carbocycles. The van der Waals surface area contributed by atoms with Gasteiger partial charge in [0.05, 0.1) is 5.69 Å². The molecule has 0 N–H and O–H groups in total. The second kappa shape index (κ2) is 4.31. The molecule has 0 aliphatic carbocycles. The Hall–Kier alpha value is -1.89. The van der Waals surface area contributed by atoms with Crippen LogP contribution in [-0.4, -0.2) is 4.98 Å². The molecule has 0 aliphatic rings. The van der Waals surface area contributed by atoms with Gasteiger partial charge in [-0.05, 0) is 42.7 Å². The van der Waals surface area contributed by atoms with E-state index in [0.717, 1.165) is 11.3 Å². The molecule has 1 heterocycles. The first kappa shape index (κ1) is 10.6. The number of pyridine rings is 1. The van der Waals surface area contributed by atoms with Crippen LogP contribution in [0.3, 0.4) is 0 Å². The molecule has 0 aliphatic heterocycles. The Morgan fingerprint density at radius 3 is 2.69 bits per heavy atom. The second-order valence-electron chi connectivity index (χ2n) is 3.96. The molecule has 0 amide bonds. The first-order chi connectivity index (χ1) is 7.72. The lowest BCUT2D eigenvalue weighted by Crippen LogP contribution is -1.91. The van der Waals surface area contributed by atoms with Gasteiger partial charge in [-0.1, -0.05) is 30.9 Å². The average Bonchev–Trinajstić information content (AvgIpc) is 2.28. The molecule has 1 nitrogen and oxygen atoms in total. The number of benzene rings is 1. The van der Waals surface area contributed by atoms with Crippen molar-refractivity contribution in [3.8, 4) is 11.3 Å². The van der Waals surface area contributed by atoms with Gasteiger partial charge in [-0.15, -0.1) is 0 Å². The van der Waals surface area contributed by atoms with Gasteiger partial charge in [0.2, 0.25) is 0 Å². The van der Waals surface area contributed by atoms with Gasteiger partial charge < -0.3 is 0 Å². The number of hydrogen-bond acceptors (Lipinski definition) is 1. The molecule has 0 spiro atoms. The van der Waals surface area contributed by atoms with Crippen LogP contribution in [0.15, 0.2) is 43.1 Å². The number of rotatable bonds is 2. The summed E-state index contributed by atoms with van der Waals surface area (Å²) in [5, 5.41) is 0. The topological polar surface area (TPSA) is 12.9 Å². The quantitative estimate of drug-likeness (QED) is 0.728. The van der Waals surface area contributed by atoms with Crippen molar-refractivity contribution >= 4 is 6.08 Å². The highest BCUT2D eigenvalue weighted by Gasteiger charge is 2.06. The lowest BCUT2D eigenvalue weighted by Gasteiger charge is -2.09. The van der Waals surface area contributed by atoms with Gasteiger partial charge >= 0.3 is 0 Å². The number of aryl methyl sites for hydroxylation is 2. The summed E-state index contributed by atoms with van der Waals surface area (Å²) in [6.45, 7) is 8.04. The maximum atomic E-state index is 4.43. The number of aromatic nitrogens is 1. The Kier molecular flexibility index (Phi) is 2.86. The lowest BCUT2D eigenvalue weighted by atomic mass is 9.98. The number of hydrogen-bond donors (Lipinski definition) is 0. The minimum atomic E-state index is 1.02. The summed E-state index contributed by atoms with van der Waals surface area (Å²) in [6.07, 6.45) is 3.73. The summed E-state index contributed by atoms with van der Waals surface area (Å²) in [7, 11) is 0. The molecule has 0 saturated carbocycles. The van der Waals surface area contributed by atoms with Crippen molar-refractivity contribution in [1.29, 1.82) is 0 Å². The molecule has 0 saturated heterocycles. The van der Waals surface area contributed by atoms with E-state index in [0.29, 0.717) is 0 Å². The zero-order valence-corrected chi connectivity index (χ0v) is 9.70. The van der Waals surface area contributed by atoms with E-state index in [2.05, 4.69) is 43.6 Å². The fourth-order valence-corrected chi connectivity index (χ4v) is 1.88. The van der Waals surface area contributed by atoms with E-state index in [4.69, 9.17) is 0 Å². The van der Waals surface area contributed by atoms with Crippen molar-refractivity contribution in [2.75, 3.05) is 0 Å². The van der Waals surface area contributed by atoms with E-state index in [1.54, 1.807) is 0 Å². The van der Waals surface area contributed by atoms with E-state index in [9.17, 15) is 0 Å². The largest absolute Gasteiger partial charge is 0.256 e. The monoisotopic (exact) mass is 209 g/mol. The molecule has 80 valence electrons. The standard InChI is InChI=1S/C15H15N/c1-4-13-7-5-6-12(3)15(13)14-10-11(2)8-9-16-14/h4-10H,1H2,2-3H3. The summed E-state index contributed by atoms with van der Waals surface area (Å²) in [6, 6.07) is 10.3. The Bertz CT molecular complexity index is 527. The molecular weight excluding hydrogens is 194 g/mol. The zero-order chi connectivity index (χ0) is 11.5. The minimum Gasteiger partial charge on any atom is -0.256 e. The second-order valence-corrected chi connectivity index (χ2v) is 3.96. The van der Waals surface area contributed by atoms with Crippen molar-refractivity contribution < 1.29 is 0 Å². The van der Waals surface area contributed by atoms with Gasteiger partial charge in [-0.3, -0.25) is 4.98 Å². The summed E-state index contributed by atoms with van der Waals surface area (Å²) < 4.78 is 0. The van der Waals surface area contributed by atoms with Gasteiger partial charge in [0.15, 0.2) is 0 Å². The van der Waals surface area contributed by atoms with E-state index < -0.39 is 0 Å². The third-order valence-corrected chi connectivity index (χ3v) is 2.70. The predicted octanol–water partition coefficient (Wildman–Crippen LogP) is 4.01. The van der Waals surface area contributed by atoms with Gasteiger partial charge in [0.25, 0.3) is 0 Å².